The summed E-state index contributed by atoms with van der Waals surface area (Å²) in [6.07, 6.45) is 1.33. The monoisotopic (exact) mass is 272 g/mol. The average Bonchev–Trinajstić information content (AvgIpc) is 2.13. The summed E-state index contributed by atoms with van der Waals surface area (Å²) in [5, 5.41) is 8.92. The molecule has 1 aromatic rings. The van der Waals surface area contributed by atoms with Crippen LogP contribution in [0.1, 0.15) is 31.1 Å². The molecule has 1 heterocycles. The van der Waals surface area contributed by atoms with E-state index in [1.165, 1.54) is 18.3 Å². The van der Waals surface area contributed by atoms with Crippen molar-refractivity contribution >= 4 is 21.8 Å². The summed E-state index contributed by atoms with van der Waals surface area (Å²) in [7, 11) is -3.62. The molecule has 0 aliphatic carbocycles. The number of nitrogens with one attached hydrogen (secondary N) is 1. The highest BCUT2D eigenvalue weighted by Gasteiger charge is 2.23. The van der Waals surface area contributed by atoms with Gasteiger partial charge in [0.15, 0.2) is 5.82 Å². The molecule has 0 amide bonds. The van der Waals surface area contributed by atoms with Gasteiger partial charge in [0.2, 0.25) is 10.0 Å². The van der Waals surface area contributed by atoms with E-state index in [2.05, 4.69) is 9.71 Å². The summed E-state index contributed by atoms with van der Waals surface area (Å²) in [6, 6.07) is 2.73. The number of carbonyl (C=O) groups is 1. The van der Waals surface area contributed by atoms with E-state index >= 15 is 0 Å². The van der Waals surface area contributed by atoms with Crippen molar-refractivity contribution in [3.8, 4) is 0 Å². The second kappa shape index (κ2) is 4.93. The fraction of sp³-hybridized carbons (Fsp3) is 0.455. The zero-order valence-corrected chi connectivity index (χ0v) is 11.3. The van der Waals surface area contributed by atoms with Crippen LogP contribution < -0.4 is 4.72 Å². The molecule has 0 spiro atoms. The Balaban J connectivity index is 3.02. The van der Waals surface area contributed by atoms with E-state index in [4.69, 9.17) is 5.11 Å². The Hall–Kier alpha value is -1.63. The Bertz CT molecular complexity index is 546. The van der Waals surface area contributed by atoms with Gasteiger partial charge in [-0.2, -0.15) is 0 Å². The minimum Gasteiger partial charge on any atom is -0.478 e. The summed E-state index contributed by atoms with van der Waals surface area (Å²) in [4.78, 5) is 14.7. The standard InChI is InChI=1S/C11H16N2O4S/c1-11(2,3)7-18(16,17)13-9-8(10(14)15)5-4-6-12-9/h4-6H,7H2,1-3H3,(H,12,13)(H,14,15). The zero-order chi connectivity index (χ0) is 14.0. The first-order valence-electron chi connectivity index (χ1n) is 5.29. The first-order valence-corrected chi connectivity index (χ1v) is 6.95. The number of rotatable bonds is 4. The number of carboxylic acids is 1. The summed E-state index contributed by atoms with van der Waals surface area (Å²) in [6.45, 7) is 5.34. The SMILES string of the molecule is CC(C)(C)CS(=O)(=O)Nc1ncccc1C(=O)O. The van der Waals surface area contributed by atoms with Crippen LogP contribution in [-0.4, -0.2) is 30.2 Å². The van der Waals surface area contributed by atoms with Gasteiger partial charge in [0.1, 0.15) is 5.56 Å². The molecule has 0 fully saturated rings. The topological polar surface area (TPSA) is 96.4 Å². The molecule has 0 aliphatic heterocycles. The maximum atomic E-state index is 11.8. The molecule has 1 rings (SSSR count). The minimum atomic E-state index is -3.62. The van der Waals surface area contributed by atoms with E-state index in [-0.39, 0.29) is 17.1 Å². The van der Waals surface area contributed by atoms with Crippen molar-refractivity contribution < 1.29 is 18.3 Å². The van der Waals surface area contributed by atoms with Gasteiger partial charge in [-0.1, -0.05) is 20.8 Å². The highest BCUT2D eigenvalue weighted by atomic mass is 32.2. The number of aromatic nitrogens is 1. The minimum absolute atomic E-state index is 0.115. The number of nitrogens with zero attached hydrogens (tertiary/aromatic N) is 1. The highest BCUT2D eigenvalue weighted by molar-refractivity contribution is 7.92. The van der Waals surface area contributed by atoms with Crippen molar-refractivity contribution in [2.45, 2.75) is 20.8 Å². The number of carboxylic acid groups (broad SMARTS) is 1. The molecule has 0 saturated heterocycles. The fourth-order valence-electron chi connectivity index (χ4n) is 1.41. The molecule has 18 heavy (non-hydrogen) atoms. The van der Waals surface area contributed by atoms with Crippen LogP contribution >= 0.6 is 0 Å². The molecule has 0 saturated carbocycles. The molecule has 2 N–H and O–H groups in total. The van der Waals surface area contributed by atoms with Crippen LogP contribution in [0.4, 0.5) is 5.82 Å². The van der Waals surface area contributed by atoms with Gasteiger partial charge in [-0.15, -0.1) is 0 Å². The predicted octanol–water partition coefficient (Wildman–Crippen LogP) is 1.57. The van der Waals surface area contributed by atoms with Crippen molar-refractivity contribution in [1.29, 1.82) is 0 Å². The van der Waals surface area contributed by atoms with Crippen LogP contribution in [0.15, 0.2) is 18.3 Å². The van der Waals surface area contributed by atoms with Gasteiger partial charge >= 0.3 is 5.97 Å². The van der Waals surface area contributed by atoms with Crippen molar-refractivity contribution in [3.05, 3.63) is 23.9 Å². The maximum Gasteiger partial charge on any atom is 0.339 e. The average molecular weight is 272 g/mol. The summed E-state index contributed by atoms with van der Waals surface area (Å²) >= 11 is 0. The van der Waals surface area contributed by atoms with Gasteiger partial charge in [-0.25, -0.2) is 18.2 Å². The maximum absolute atomic E-state index is 11.8. The van der Waals surface area contributed by atoms with E-state index in [0.29, 0.717) is 0 Å². The Kier molecular flexibility index (Phi) is 3.95. The molecular weight excluding hydrogens is 256 g/mol. The van der Waals surface area contributed by atoms with Crippen LogP contribution in [0.2, 0.25) is 0 Å². The number of sulfonamides is 1. The molecule has 1 aromatic heterocycles. The molecule has 6 nitrogen and oxygen atoms in total. The number of anilines is 1. The fourth-order valence-corrected chi connectivity index (χ4v) is 3.08. The third kappa shape index (κ3) is 4.33. The lowest BCUT2D eigenvalue weighted by Crippen LogP contribution is -2.27. The van der Waals surface area contributed by atoms with Crippen molar-refractivity contribution in [3.63, 3.8) is 0 Å². The van der Waals surface area contributed by atoms with E-state index in [9.17, 15) is 13.2 Å². The van der Waals surface area contributed by atoms with Crippen LogP contribution in [0, 0.1) is 5.41 Å². The molecule has 100 valence electrons. The van der Waals surface area contributed by atoms with Gasteiger partial charge in [0, 0.05) is 6.20 Å². The quantitative estimate of drug-likeness (QED) is 0.867. The second-order valence-corrected chi connectivity index (χ2v) is 6.85. The Morgan fingerprint density at radius 2 is 2.06 bits per heavy atom. The van der Waals surface area contributed by atoms with Crippen LogP contribution in [-0.2, 0) is 10.0 Å². The molecule has 0 bridgehead atoms. The van der Waals surface area contributed by atoms with Gasteiger partial charge in [0.25, 0.3) is 0 Å². The van der Waals surface area contributed by atoms with Crippen molar-refractivity contribution in [2.24, 2.45) is 5.41 Å². The van der Waals surface area contributed by atoms with Crippen molar-refractivity contribution in [2.75, 3.05) is 10.5 Å². The molecule has 0 aromatic carbocycles. The van der Waals surface area contributed by atoms with Crippen LogP contribution in [0.5, 0.6) is 0 Å². The van der Waals surface area contributed by atoms with E-state index < -0.39 is 21.4 Å². The Morgan fingerprint density at radius 1 is 1.44 bits per heavy atom. The van der Waals surface area contributed by atoms with Crippen LogP contribution in [0.3, 0.4) is 0 Å². The summed E-state index contributed by atoms with van der Waals surface area (Å²) in [5.74, 6) is -1.50. The number of pyridine rings is 1. The van der Waals surface area contributed by atoms with Crippen LogP contribution in [0.25, 0.3) is 0 Å². The van der Waals surface area contributed by atoms with E-state index in [1.54, 1.807) is 20.8 Å². The van der Waals surface area contributed by atoms with Gasteiger partial charge < -0.3 is 5.11 Å². The third-order valence-electron chi connectivity index (χ3n) is 1.91. The molecule has 7 heteroatoms. The highest BCUT2D eigenvalue weighted by Crippen LogP contribution is 2.19. The Labute approximate surface area is 106 Å². The molecule has 0 unspecified atom stereocenters. The normalized spacial score (nSPS) is 12.2. The number of hydrogen-bond donors (Lipinski definition) is 2. The second-order valence-electron chi connectivity index (χ2n) is 5.13. The molecule has 0 atom stereocenters. The lowest BCUT2D eigenvalue weighted by atomic mass is 10.0. The van der Waals surface area contributed by atoms with Gasteiger partial charge in [-0.3, -0.25) is 4.72 Å². The molecular formula is C11H16N2O4S. The van der Waals surface area contributed by atoms with Gasteiger partial charge in [0.05, 0.1) is 5.75 Å². The predicted molar refractivity (Wildman–Crippen MR) is 68.1 cm³/mol. The van der Waals surface area contributed by atoms with E-state index in [0.717, 1.165) is 0 Å². The smallest absolute Gasteiger partial charge is 0.339 e. The number of aromatic carboxylic acids is 1. The largest absolute Gasteiger partial charge is 0.478 e. The summed E-state index contributed by atoms with van der Waals surface area (Å²) in [5.41, 5.74) is -0.598. The first-order chi connectivity index (χ1) is 8.11. The number of hydrogen-bond acceptors (Lipinski definition) is 4. The first kappa shape index (κ1) is 14.4. The summed E-state index contributed by atoms with van der Waals surface area (Å²) < 4.78 is 25.9. The Morgan fingerprint density at radius 3 is 2.56 bits per heavy atom. The van der Waals surface area contributed by atoms with Crippen molar-refractivity contribution in [1.82, 2.24) is 4.98 Å². The zero-order valence-electron chi connectivity index (χ0n) is 10.5. The van der Waals surface area contributed by atoms with Gasteiger partial charge in [-0.05, 0) is 17.5 Å². The molecule has 0 radical (unpaired) electrons. The lowest BCUT2D eigenvalue weighted by Gasteiger charge is -2.18. The third-order valence-corrected chi connectivity index (χ3v) is 3.66. The van der Waals surface area contributed by atoms with E-state index in [1.807, 2.05) is 0 Å². The lowest BCUT2D eigenvalue weighted by molar-refractivity contribution is 0.0697. The molecule has 0 aliphatic rings.